The molecule has 0 fully saturated rings. The fraction of sp³-hybridized carbons (Fsp3) is 0.474. The van der Waals surface area contributed by atoms with Crippen molar-refractivity contribution >= 4 is 11.3 Å². The largest absolute Gasteiger partial charge is 0.314 e. The fourth-order valence-corrected chi connectivity index (χ4v) is 3.56. The molecule has 0 aliphatic carbocycles. The Morgan fingerprint density at radius 3 is 2.38 bits per heavy atom. The second-order valence-electron chi connectivity index (χ2n) is 5.60. The van der Waals surface area contributed by atoms with Crippen LogP contribution in [0.3, 0.4) is 0 Å². The maximum absolute atomic E-state index is 3.65. The molecule has 1 unspecified atom stereocenters. The molecule has 1 aromatic carbocycles. The second-order valence-corrected chi connectivity index (χ2v) is 6.64. The van der Waals surface area contributed by atoms with E-state index in [0.717, 1.165) is 6.54 Å². The lowest BCUT2D eigenvalue weighted by Crippen LogP contribution is -2.29. The summed E-state index contributed by atoms with van der Waals surface area (Å²) in [6.45, 7) is 3.29. The summed E-state index contributed by atoms with van der Waals surface area (Å²) in [5.74, 6) is 0. The standard InChI is InChI=1S/C19H27NS/c1-2-20-18(13-7-14-19-15-8-16-21-19)12-6-11-17-9-4-3-5-10-17/h3-5,8-10,15-16,18,20H,2,6-7,11-14H2,1H3. The minimum absolute atomic E-state index is 0.679. The SMILES string of the molecule is CCNC(CCCc1ccccc1)CCCc1cccs1. The van der Waals surface area contributed by atoms with E-state index < -0.39 is 0 Å². The van der Waals surface area contributed by atoms with E-state index in [2.05, 4.69) is 60.1 Å². The topological polar surface area (TPSA) is 12.0 Å². The predicted octanol–water partition coefficient (Wildman–Crippen LogP) is 5.07. The Bertz CT molecular complexity index is 464. The van der Waals surface area contributed by atoms with E-state index >= 15 is 0 Å². The molecule has 0 bridgehead atoms. The van der Waals surface area contributed by atoms with Crippen molar-refractivity contribution in [1.29, 1.82) is 0 Å². The van der Waals surface area contributed by atoms with Crippen molar-refractivity contribution in [3.63, 3.8) is 0 Å². The number of hydrogen-bond acceptors (Lipinski definition) is 2. The second kappa shape index (κ2) is 9.75. The maximum Gasteiger partial charge on any atom is 0.00671 e. The zero-order valence-electron chi connectivity index (χ0n) is 13.1. The van der Waals surface area contributed by atoms with E-state index in [1.807, 2.05) is 11.3 Å². The van der Waals surface area contributed by atoms with Gasteiger partial charge >= 0.3 is 0 Å². The van der Waals surface area contributed by atoms with Gasteiger partial charge < -0.3 is 5.32 Å². The highest BCUT2D eigenvalue weighted by atomic mass is 32.1. The van der Waals surface area contributed by atoms with Gasteiger partial charge in [0.1, 0.15) is 0 Å². The number of hydrogen-bond donors (Lipinski definition) is 1. The molecular weight excluding hydrogens is 274 g/mol. The number of aryl methyl sites for hydroxylation is 2. The molecule has 0 saturated heterocycles. The maximum atomic E-state index is 3.65. The van der Waals surface area contributed by atoms with Gasteiger partial charge in [-0.05, 0) is 62.1 Å². The average Bonchev–Trinajstić information content (AvgIpc) is 3.02. The minimum atomic E-state index is 0.679. The summed E-state index contributed by atoms with van der Waals surface area (Å²) in [7, 11) is 0. The van der Waals surface area contributed by atoms with E-state index in [0.29, 0.717) is 6.04 Å². The molecule has 114 valence electrons. The van der Waals surface area contributed by atoms with E-state index in [-0.39, 0.29) is 0 Å². The molecule has 1 N–H and O–H groups in total. The van der Waals surface area contributed by atoms with Crippen molar-refractivity contribution in [3.8, 4) is 0 Å². The zero-order chi connectivity index (χ0) is 14.8. The molecule has 0 aliphatic heterocycles. The number of nitrogens with one attached hydrogen (secondary N) is 1. The summed E-state index contributed by atoms with van der Waals surface area (Å²) < 4.78 is 0. The number of benzene rings is 1. The van der Waals surface area contributed by atoms with Crippen LogP contribution >= 0.6 is 11.3 Å². The Labute approximate surface area is 133 Å². The number of thiophene rings is 1. The van der Waals surface area contributed by atoms with Gasteiger partial charge in [0.25, 0.3) is 0 Å². The van der Waals surface area contributed by atoms with Crippen LogP contribution in [0.2, 0.25) is 0 Å². The van der Waals surface area contributed by atoms with Crippen LogP contribution in [0.15, 0.2) is 47.8 Å². The average molecular weight is 301 g/mol. The van der Waals surface area contributed by atoms with Crippen molar-refractivity contribution in [1.82, 2.24) is 5.32 Å². The minimum Gasteiger partial charge on any atom is -0.314 e. The molecule has 1 heterocycles. The Balaban J connectivity index is 1.66. The van der Waals surface area contributed by atoms with E-state index in [1.54, 1.807) is 0 Å². The molecule has 2 rings (SSSR count). The third kappa shape index (κ3) is 6.45. The van der Waals surface area contributed by atoms with Gasteiger partial charge in [-0.15, -0.1) is 11.3 Å². The van der Waals surface area contributed by atoms with Crippen LogP contribution in [-0.2, 0) is 12.8 Å². The molecule has 2 heteroatoms. The predicted molar refractivity (Wildman–Crippen MR) is 94.1 cm³/mol. The normalized spacial score (nSPS) is 12.4. The van der Waals surface area contributed by atoms with E-state index in [4.69, 9.17) is 0 Å². The third-order valence-corrected chi connectivity index (χ3v) is 4.85. The van der Waals surface area contributed by atoms with Crippen molar-refractivity contribution in [2.45, 2.75) is 51.5 Å². The van der Waals surface area contributed by atoms with Gasteiger partial charge in [0.15, 0.2) is 0 Å². The first-order valence-corrected chi connectivity index (χ1v) is 9.06. The number of rotatable bonds is 10. The smallest absolute Gasteiger partial charge is 0.00671 e. The highest BCUT2D eigenvalue weighted by Crippen LogP contribution is 2.15. The lowest BCUT2D eigenvalue weighted by molar-refractivity contribution is 0.441. The Kier molecular flexibility index (Phi) is 7.55. The van der Waals surface area contributed by atoms with Gasteiger partial charge in [-0.25, -0.2) is 0 Å². The van der Waals surface area contributed by atoms with Crippen molar-refractivity contribution in [2.75, 3.05) is 6.54 Å². The quantitative estimate of drug-likeness (QED) is 0.646. The van der Waals surface area contributed by atoms with Crippen LogP contribution in [0, 0.1) is 0 Å². The first kappa shape index (κ1) is 16.3. The monoisotopic (exact) mass is 301 g/mol. The molecule has 1 aromatic heterocycles. The van der Waals surface area contributed by atoms with Crippen LogP contribution in [-0.4, -0.2) is 12.6 Å². The lowest BCUT2D eigenvalue weighted by Gasteiger charge is -2.17. The molecule has 2 aromatic rings. The van der Waals surface area contributed by atoms with Crippen LogP contribution in [0.25, 0.3) is 0 Å². The lowest BCUT2D eigenvalue weighted by atomic mass is 10.0. The molecule has 1 nitrogen and oxygen atoms in total. The van der Waals surface area contributed by atoms with E-state index in [1.165, 1.54) is 49.0 Å². The van der Waals surface area contributed by atoms with Crippen LogP contribution < -0.4 is 5.32 Å². The van der Waals surface area contributed by atoms with Crippen molar-refractivity contribution in [2.24, 2.45) is 0 Å². The van der Waals surface area contributed by atoms with Gasteiger partial charge in [0.2, 0.25) is 0 Å². The third-order valence-electron chi connectivity index (χ3n) is 3.91. The van der Waals surface area contributed by atoms with Crippen molar-refractivity contribution in [3.05, 3.63) is 58.3 Å². The summed E-state index contributed by atoms with van der Waals surface area (Å²) in [5, 5.41) is 5.83. The Morgan fingerprint density at radius 2 is 1.71 bits per heavy atom. The summed E-state index contributed by atoms with van der Waals surface area (Å²) in [6.07, 6.45) is 7.59. The van der Waals surface area contributed by atoms with Crippen LogP contribution in [0.5, 0.6) is 0 Å². The molecule has 0 spiro atoms. The molecular formula is C19H27NS. The first-order chi connectivity index (χ1) is 10.4. The summed E-state index contributed by atoms with van der Waals surface area (Å²) in [5.41, 5.74) is 1.46. The van der Waals surface area contributed by atoms with Gasteiger partial charge in [0, 0.05) is 10.9 Å². The highest BCUT2D eigenvalue weighted by molar-refractivity contribution is 7.09. The van der Waals surface area contributed by atoms with Gasteiger partial charge in [-0.3, -0.25) is 0 Å². The zero-order valence-corrected chi connectivity index (χ0v) is 13.9. The van der Waals surface area contributed by atoms with Crippen LogP contribution in [0.4, 0.5) is 0 Å². The van der Waals surface area contributed by atoms with Gasteiger partial charge in [0.05, 0.1) is 0 Å². The van der Waals surface area contributed by atoms with Crippen molar-refractivity contribution < 1.29 is 0 Å². The Hall–Kier alpha value is -1.12. The summed E-state index contributed by atoms with van der Waals surface area (Å²) >= 11 is 1.88. The van der Waals surface area contributed by atoms with Gasteiger partial charge in [-0.1, -0.05) is 43.3 Å². The highest BCUT2D eigenvalue weighted by Gasteiger charge is 2.07. The summed E-state index contributed by atoms with van der Waals surface area (Å²) in [6, 6.07) is 15.9. The Morgan fingerprint density at radius 1 is 0.952 bits per heavy atom. The molecule has 0 aliphatic rings. The molecule has 21 heavy (non-hydrogen) atoms. The molecule has 0 saturated carbocycles. The van der Waals surface area contributed by atoms with Gasteiger partial charge in [-0.2, -0.15) is 0 Å². The molecule has 0 radical (unpaired) electrons. The first-order valence-electron chi connectivity index (χ1n) is 8.18. The summed E-state index contributed by atoms with van der Waals surface area (Å²) in [4.78, 5) is 1.52. The molecule has 1 atom stereocenters. The fourth-order valence-electron chi connectivity index (χ4n) is 2.81. The van der Waals surface area contributed by atoms with E-state index in [9.17, 15) is 0 Å². The van der Waals surface area contributed by atoms with Crippen LogP contribution in [0.1, 0.15) is 43.0 Å². The molecule has 0 amide bonds.